The van der Waals surface area contributed by atoms with Gasteiger partial charge in [-0.2, -0.15) is 0 Å². The van der Waals surface area contributed by atoms with E-state index in [1.165, 1.54) is 0 Å². The van der Waals surface area contributed by atoms with E-state index in [0.717, 1.165) is 69.7 Å². The molecule has 8 heteroatoms. The van der Waals surface area contributed by atoms with Crippen molar-refractivity contribution in [2.45, 2.75) is 32.3 Å². The molecule has 29 heavy (non-hydrogen) atoms. The molecule has 1 aliphatic rings. The van der Waals surface area contributed by atoms with Gasteiger partial charge in [-0.25, -0.2) is 0 Å². The van der Waals surface area contributed by atoms with E-state index in [1.54, 1.807) is 14.2 Å². The summed E-state index contributed by atoms with van der Waals surface area (Å²) in [6.07, 6.45) is 3.19. The quantitative estimate of drug-likeness (QED) is 0.202. The van der Waals surface area contributed by atoms with Gasteiger partial charge in [0.05, 0.1) is 13.7 Å². The first-order valence-corrected chi connectivity index (χ1v) is 10.1. The lowest BCUT2D eigenvalue weighted by molar-refractivity contribution is 0.0203. The highest BCUT2D eigenvalue weighted by molar-refractivity contribution is 14.0. The molecule has 1 heterocycles. The summed E-state index contributed by atoms with van der Waals surface area (Å²) in [5.74, 6) is 3.07. The third kappa shape index (κ3) is 10.9. The maximum atomic E-state index is 5.89. The Hall–Kier alpha value is -1.26. The van der Waals surface area contributed by atoms with Gasteiger partial charge in [0.15, 0.2) is 5.96 Å². The number of aliphatic imine (C=N–C) groups is 1. The van der Waals surface area contributed by atoms with Crippen LogP contribution in [0.5, 0.6) is 11.5 Å². The standard InChI is InChI=1S/C21H35N3O4.HI/c1-17(28-20-7-5-19(25-3)6-8-20)15-24-21(22-2)23-11-4-12-27-16-18-9-13-26-14-10-18;/h5-8,17-18H,4,9-16H2,1-3H3,(H2,22,23,24);1H. The van der Waals surface area contributed by atoms with Crippen molar-refractivity contribution in [2.24, 2.45) is 10.9 Å². The Morgan fingerprint density at radius 1 is 1.17 bits per heavy atom. The van der Waals surface area contributed by atoms with Gasteiger partial charge in [-0.05, 0) is 56.4 Å². The number of guanidine groups is 1. The fraction of sp³-hybridized carbons (Fsp3) is 0.667. The van der Waals surface area contributed by atoms with E-state index >= 15 is 0 Å². The van der Waals surface area contributed by atoms with Crippen molar-refractivity contribution in [3.8, 4) is 11.5 Å². The molecule has 0 saturated carbocycles. The lowest BCUT2D eigenvalue weighted by Crippen LogP contribution is -2.42. The van der Waals surface area contributed by atoms with Crippen LogP contribution in [0.15, 0.2) is 29.3 Å². The molecule has 2 rings (SSSR count). The molecule has 0 amide bonds. The summed E-state index contributed by atoms with van der Waals surface area (Å²) in [5.41, 5.74) is 0. The minimum Gasteiger partial charge on any atom is -0.497 e. The van der Waals surface area contributed by atoms with Crippen molar-refractivity contribution in [3.63, 3.8) is 0 Å². The lowest BCUT2D eigenvalue weighted by Gasteiger charge is -2.21. The van der Waals surface area contributed by atoms with E-state index in [2.05, 4.69) is 15.6 Å². The molecular formula is C21H36IN3O4. The van der Waals surface area contributed by atoms with Gasteiger partial charge >= 0.3 is 0 Å². The molecule has 1 saturated heterocycles. The summed E-state index contributed by atoms with van der Waals surface area (Å²) < 4.78 is 22.2. The molecule has 1 aromatic rings. The molecule has 1 aliphatic heterocycles. The Morgan fingerprint density at radius 2 is 1.86 bits per heavy atom. The number of nitrogens with one attached hydrogen (secondary N) is 2. The van der Waals surface area contributed by atoms with Gasteiger partial charge in [-0.3, -0.25) is 4.99 Å². The molecule has 0 radical (unpaired) electrons. The van der Waals surface area contributed by atoms with E-state index in [0.29, 0.717) is 12.5 Å². The number of ether oxygens (including phenoxy) is 4. The average Bonchev–Trinajstić information content (AvgIpc) is 2.74. The second-order valence-electron chi connectivity index (χ2n) is 6.97. The zero-order chi connectivity index (χ0) is 20.0. The Labute approximate surface area is 191 Å². The minimum atomic E-state index is 0. The van der Waals surface area contributed by atoms with Crippen molar-refractivity contribution in [2.75, 3.05) is 53.7 Å². The minimum absolute atomic E-state index is 0. The molecular weight excluding hydrogens is 485 g/mol. The van der Waals surface area contributed by atoms with Crippen LogP contribution in [0, 0.1) is 5.92 Å². The first-order valence-electron chi connectivity index (χ1n) is 10.1. The fourth-order valence-corrected chi connectivity index (χ4v) is 2.93. The molecule has 2 N–H and O–H groups in total. The predicted octanol–water partition coefficient (Wildman–Crippen LogP) is 3.08. The van der Waals surface area contributed by atoms with Gasteiger partial charge in [0.25, 0.3) is 0 Å². The Kier molecular flexibility index (Phi) is 13.8. The van der Waals surface area contributed by atoms with E-state index in [-0.39, 0.29) is 30.1 Å². The van der Waals surface area contributed by atoms with E-state index in [1.807, 2.05) is 31.2 Å². The third-order valence-corrected chi connectivity index (χ3v) is 4.63. The molecule has 0 aromatic heterocycles. The van der Waals surface area contributed by atoms with Crippen molar-refractivity contribution in [1.82, 2.24) is 10.6 Å². The number of rotatable bonds is 11. The molecule has 1 unspecified atom stereocenters. The first-order chi connectivity index (χ1) is 13.7. The normalized spacial score (nSPS) is 15.9. The van der Waals surface area contributed by atoms with E-state index in [9.17, 15) is 0 Å². The van der Waals surface area contributed by atoms with Crippen LogP contribution >= 0.6 is 24.0 Å². The number of methoxy groups -OCH3 is 1. The number of benzene rings is 1. The van der Waals surface area contributed by atoms with Crippen molar-refractivity contribution < 1.29 is 18.9 Å². The molecule has 1 atom stereocenters. The van der Waals surface area contributed by atoms with Crippen LogP contribution in [0.25, 0.3) is 0 Å². The second-order valence-corrected chi connectivity index (χ2v) is 6.97. The van der Waals surface area contributed by atoms with Gasteiger partial charge in [0.2, 0.25) is 0 Å². The van der Waals surface area contributed by atoms with Crippen LogP contribution in [0.1, 0.15) is 26.2 Å². The Balaban J connectivity index is 0.00000420. The zero-order valence-electron chi connectivity index (χ0n) is 17.8. The van der Waals surface area contributed by atoms with Crippen LogP contribution in [-0.4, -0.2) is 65.7 Å². The Bertz CT molecular complexity index is 566. The van der Waals surface area contributed by atoms with Gasteiger partial charge in [-0.15, -0.1) is 24.0 Å². The van der Waals surface area contributed by atoms with Crippen LogP contribution in [0.2, 0.25) is 0 Å². The van der Waals surface area contributed by atoms with Crippen molar-refractivity contribution >= 4 is 29.9 Å². The van der Waals surface area contributed by atoms with E-state index in [4.69, 9.17) is 18.9 Å². The largest absolute Gasteiger partial charge is 0.497 e. The fourth-order valence-electron chi connectivity index (χ4n) is 2.93. The van der Waals surface area contributed by atoms with Crippen LogP contribution in [0.3, 0.4) is 0 Å². The third-order valence-electron chi connectivity index (χ3n) is 4.63. The van der Waals surface area contributed by atoms with Gasteiger partial charge < -0.3 is 29.6 Å². The van der Waals surface area contributed by atoms with Gasteiger partial charge in [-0.1, -0.05) is 0 Å². The summed E-state index contributed by atoms with van der Waals surface area (Å²) in [6.45, 7) is 6.85. The Morgan fingerprint density at radius 3 is 2.52 bits per heavy atom. The average molecular weight is 521 g/mol. The number of halogens is 1. The molecule has 0 spiro atoms. The highest BCUT2D eigenvalue weighted by Gasteiger charge is 2.13. The molecule has 1 fully saturated rings. The molecule has 0 bridgehead atoms. The highest BCUT2D eigenvalue weighted by Crippen LogP contribution is 2.18. The maximum Gasteiger partial charge on any atom is 0.191 e. The van der Waals surface area contributed by atoms with Gasteiger partial charge in [0.1, 0.15) is 17.6 Å². The maximum absolute atomic E-state index is 5.89. The van der Waals surface area contributed by atoms with Crippen molar-refractivity contribution in [3.05, 3.63) is 24.3 Å². The molecule has 7 nitrogen and oxygen atoms in total. The SMILES string of the molecule is CN=C(NCCCOCC1CCOCC1)NCC(C)Oc1ccc(OC)cc1.I. The first kappa shape index (κ1) is 25.8. The predicted molar refractivity (Wildman–Crippen MR) is 127 cm³/mol. The van der Waals surface area contributed by atoms with E-state index < -0.39 is 0 Å². The zero-order valence-corrected chi connectivity index (χ0v) is 20.1. The molecule has 0 aliphatic carbocycles. The van der Waals surface area contributed by atoms with Crippen LogP contribution < -0.4 is 20.1 Å². The number of hydrogen-bond donors (Lipinski definition) is 2. The molecule has 166 valence electrons. The lowest BCUT2D eigenvalue weighted by atomic mass is 10.0. The topological polar surface area (TPSA) is 73.3 Å². The summed E-state index contributed by atoms with van der Waals surface area (Å²) in [4.78, 5) is 4.25. The second kappa shape index (κ2) is 15.6. The van der Waals surface area contributed by atoms with Gasteiger partial charge in [0, 0.05) is 40.0 Å². The van der Waals surface area contributed by atoms with Crippen LogP contribution in [-0.2, 0) is 9.47 Å². The summed E-state index contributed by atoms with van der Waals surface area (Å²) >= 11 is 0. The number of nitrogens with zero attached hydrogens (tertiary/aromatic N) is 1. The van der Waals surface area contributed by atoms with Crippen molar-refractivity contribution in [1.29, 1.82) is 0 Å². The smallest absolute Gasteiger partial charge is 0.191 e. The number of hydrogen-bond acceptors (Lipinski definition) is 5. The van der Waals surface area contributed by atoms with Crippen LogP contribution in [0.4, 0.5) is 0 Å². The highest BCUT2D eigenvalue weighted by atomic mass is 127. The monoisotopic (exact) mass is 521 g/mol. The molecule has 1 aromatic carbocycles. The summed E-state index contributed by atoms with van der Waals surface area (Å²) in [5, 5.41) is 6.60. The summed E-state index contributed by atoms with van der Waals surface area (Å²) in [6, 6.07) is 7.59. The summed E-state index contributed by atoms with van der Waals surface area (Å²) in [7, 11) is 3.42.